The van der Waals surface area contributed by atoms with Gasteiger partial charge in [-0.25, -0.2) is 4.98 Å². The highest BCUT2D eigenvalue weighted by Crippen LogP contribution is 2.36. The van der Waals surface area contributed by atoms with Crippen LogP contribution in [-0.2, 0) is 12.6 Å². The molecule has 0 bridgehead atoms. The normalized spacial score (nSPS) is 12.6. The summed E-state index contributed by atoms with van der Waals surface area (Å²) in [5.74, 6) is 0.620. The van der Waals surface area contributed by atoms with Crippen LogP contribution in [0.2, 0.25) is 0 Å². The number of benzene rings is 2. The third-order valence-electron chi connectivity index (χ3n) is 5.34. The second kappa shape index (κ2) is 10.0. The number of alkyl halides is 3. The Morgan fingerprint density at radius 3 is 2.25 bits per heavy atom. The molecule has 0 aliphatic carbocycles. The van der Waals surface area contributed by atoms with E-state index in [9.17, 15) is 13.2 Å². The molecule has 0 amide bonds. The van der Waals surface area contributed by atoms with Crippen LogP contribution in [-0.4, -0.2) is 9.97 Å². The number of anilines is 4. The second-order valence-corrected chi connectivity index (χ2v) is 8.39. The van der Waals surface area contributed by atoms with Crippen molar-refractivity contribution in [3.63, 3.8) is 0 Å². The fourth-order valence-corrected chi connectivity index (χ4v) is 3.39. The van der Waals surface area contributed by atoms with E-state index < -0.39 is 11.7 Å². The van der Waals surface area contributed by atoms with Crippen molar-refractivity contribution < 1.29 is 13.2 Å². The Hall–Kier alpha value is -3.09. The van der Waals surface area contributed by atoms with Crippen molar-refractivity contribution in [1.29, 1.82) is 0 Å². The fourth-order valence-electron chi connectivity index (χ4n) is 3.39. The van der Waals surface area contributed by atoms with Crippen molar-refractivity contribution in [3.05, 3.63) is 71.4 Å². The van der Waals surface area contributed by atoms with Crippen LogP contribution in [0.25, 0.3) is 0 Å². The zero-order chi connectivity index (χ0) is 23.3. The summed E-state index contributed by atoms with van der Waals surface area (Å²) in [5.41, 5.74) is 2.55. The quantitative estimate of drug-likeness (QED) is 0.375. The van der Waals surface area contributed by atoms with Gasteiger partial charge in [0.25, 0.3) is 0 Å². The molecule has 7 heteroatoms. The van der Waals surface area contributed by atoms with Crippen LogP contribution in [0.3, 0.4) is 0 Å². The van der Waals surface area contributed by atoms with Crippen molar-refractivity contribution in [1.82, 2.24) is 9.97 Å². The fraction of sp³-hybridized carbons (Fsp3) is 0.360. The van der Waals surface area contributed by atoms with E-state index in [4.69, 9.17) is 0 Å². The summed E-state index contributed by atoms with van der Waals surface area (Å²) in [4.78, 5) is 8.08. The summed E-state index contributed by atoms with van der Waals surface area (Å²) in [6.07, 6.45) is -1.99. The molecule has 0 fully saturated rings. The number of nitrogens with zero attached hydrogens (tertiary/aromatic N) is 2. The first-order valence-corrected chi connectivity index (χ1v) is 10.8. The van der Waals surface area contributed by atoms with Gasteiger partial charge < -0.3 is 10.6 Å². The molecule has 0 saturated carbocycles. The van der Waals surface area contributed by atoms with E-state index in [-0.39, 0.29) is 11.8 Å². The van der Waals surface area contributed by atoms with Gasteiger partial charge in [0.15, 0.2) is 0 Å². The lowest BCUT2D eigenvalue weighted by Gasteiger charge is -2.17. The van der Waals surface area contributed by atoms with Crippen LogP contribution in [0.15, 0.2) is 54.7 Å². The zero-order valence-electron chi connectivity index (χ0n) is 18.8. The largest absolute Gasteiger partial charge is 0.421 e. The number of nitrogens with one attached hydrogen (secondary N) is 2. The second-order valence-electron chi connectivity index (χ2n) is 8.39. The first-order chi connectivity index (χ1) is 15.2. The van der Waals surface area contributed by atoms with Gasteiger partial charge in [-0.15, -0.1) is 0 Å². The molecule has 0 spiro atoms. The molecule has 1 unspecified atom stereocenters. The maximum atomic E-state index is 13.6. The summed E-state index contributed by atoms with van der Waals surface area (Å²) >= 11 is 0. The number of para-hydroxylation sites is 1. The Balaban J connectivity index is 1.91. The lowest BCUT2D eigenvalue weighted by molar-refractivity contribution is -0.137. The van der Waals surface area contributed by atoms with E-state index in [0.29, 0.717) is 23.2 Å². The molecule has 1 heterocycles. The van der Waals surface area contributed by atoms with E-state index in [1.165, 1.54) is 5.56 Å². The van der Waals surface area contributed by atoms with Crippen molar-refractivity contribution in [2.45, 2.75) is 52.6 Å². The minimum Gasteiger partial charge on any atom is -0.339 e. The van der Waals surface area contributed by atoms with Gasteiger partial charge in [0, 0.05) is 17.6 Å². The zero-order valence-corrected chi connectivity index (χ0v) is 18.8. The SMILES string of the molecule is CCC(C)c1ccc(Nc2ncc(C(F)(F)F)c(Nc3ccccc3CC(C)C)n2)cc1. The Bertz CT molecular complexity index is 1030. The van der Waals surface area contributed by atoms with Gasteiger partial charge in [-0.05, 0) is 54.0 Å². The number of hydrogen-bond donors (Lipinski definition) is 2. The van der Waals surface area contributed by atoms with E-state index in [2.05, 4.69) is 48.3 Å². The number of rotatable bonds is 8. The van der Waals surface area contributed by atoms with Crippen molar-refractivity contribution in [2.24, 2.45) is 5.92 Å². The highest BCUT2D eigenvalue weighted by atomic mass is 19.4. The molecule has 0 saturated heterocycles. The standard InChI is InChI=1S/C25H29F3N4/c1-5-17(4)18-10-12-20(13-11-18)30-24-29-15-21(25(26,27)28)23(32-24)31-22-9-7-6-8-19(22)14-16(2)3/h6-13,15-17H,5,14H2,1-4H3,(H2,29,30,31,32). The molecule has 2 aromatic carbocycles. The van der Waals surface area contributed by atoms with Crippen LogP contribution in [0.4, 0.5) is 36.3 Å². The molecule has 1 atom stereocenters. The summed E-state index contributed by atoms with van der Waals surface area (Å²) in [6, 6.07) is 15.1. The molecule has 3 rings (SSSR count). The predicted octanol–water partition coefficient (Wildman–Crippen LogP) is 7.69. The number of hydrogen-bond acceptors (Lipinski definition) is 4. The summed E-state index contributed by atoms with van der Waals surface area (Å²) in [5, 5.41) is 5.91. The van der Waals surface area contributed by atoms with Gasteiger partial charge >= 0.3 is 6.18 Å². The first kappa shape index (κ1) is 23.6. The van der Waals surface area contributed by atoms with Crippen molar-refractivity contribution >= 4 is 23.1 Å². The molecule has 4 nitrogen and oxygen atoms in total. The maximum absolute atomic E-state index is 13.6. The molecule has 32 heavy (non-hydrogen) atoms. The van der Waals surface area contributed by atoms with Crippen molar-refractivity contribution in [3.8, 4) is 0 Å². The first-order valence-electron chi connectivity index (χ1n) is 10.8. The number of halogens is 3. The smallest absolute Gasteiger partial charge is 0.339 e. The van der Waals surface area contributed by atoms with Gasteiger partial charge in [0.2, 0.25) is 5.95 Å². The average molecular weight is 443 g/mol. The molecular weight excluding hydrogens is 413 g/mol. The van der Waals surface area contributed by atoms with E-state index in [0.717, 1.165) is 24.6 Å². The van der Waals surface area contributed by atoms with Crippen LogP contribution in [0, 0.1) is 5.92 Å². The maximum Gasteiger partial charge on any atom is 0.421 e. The Morgan fingerprint density at radius 2 is 1.62 bits per heavy atom. The predicted molar refractivity (Wildman–Crippen MR) is 124 cm³/mol. The molecule has 0 aliphatic heterocycles. The minimum absolute atomic E-state index is 0.0955. The van der Waals surface area contributed by atoms with Crippen LogP contribution in [0.5, 0.6) is 0 Å². The van der Waals surface area contributed by atoms with Gasteiger partial charge in [-0.2, -0.15) is 18.2 Å². The molecule has 1 aromatic heterocycles. The average Bonchev–Trinajstić information content (AvgIpc) is 2.74. The van der Waals surface area contributed by atoms with E-state index >= 15 is 0 Å². The highest BCUT2D eigenvalue weighted by Gasteiger charge is 2.35. The molecule has 2 N–H and O–H groups in total. The molecule has 3 aromatic rings. The van der Waals surface area contributed by atoms with Gasteiger partial charge in [0.05, 0.1) is 0 Å². The number of aromatic nitrogens is 2. The monoisotopic (exact) mass is 442 g/mol. The van der Waals surface area contributed by atoms with Gasteiger partial charge in [0.1, 0.15) is 11.4 Å². The topological polar surface area (TPSA) is 49.8 Å². The third kappa shape index (κ3) is 5.99. The lowest BCUT2D eigenvalue weighted by atomic mass is 9.99. The Labute approximate surface area is 187 Å². The lowest BCUT2D eigenvalue weighted by Crippen LogP contribution is -2.13. The van der Waals surface area contributed by atoms with E-state index in [1.807, 2.05) is 36.4 Å². The Kier molecular flexibility index (Phi) is 7.38. The molecule has 170 valence electrons. The van der Waals surface area contributed by atoms with Crippen LogP contribution in [0.1, 0.15) is 56.7 Å². The van der Waals surface area contributed by atoms with Gasteiger partial charge in [-0.3, -0.25) is 0 Å². The van der Waals surface area contributed by atoms with Crippen molar-refractivity contribution in [2.75, 3.05) is 10.6 Å². The summed E-state index contributed by atoms with van der Waals surface area (Å²) in [6.45, 7) is 8.41. The van der Waals surface area contributed by atoms with Crippen LogP contribution < -0.4 is 10.6 Å². The Morgan fingerprint density at radius 1 is 0.938 bits per heavy atom. The highest BCUT2D eigenvalue weighted by molar-refractivity contribution is 5.65. The third-order valence-corrected chi connectivity index (χ3v) is 5.34. The van der Waals surface area contributed by atoms with Crippen LogP contribution >= 0.6 is 0 Å². The minimum atomic E-state index is -4.58. The summed E-state index contributed by atoms with van der Waals surface area (Å²) in [7, 11) is 0. The molecular formula is C25H29F3N4. The summed E-state index contributed by atoms with van der Waals surface area (Å²) < 4.78 is 40.9. The van der Waals surface area contributed by atoms with Gasteiger partial charge in [-0.1, -0.05) is 58.0 Å². The molecule has 0 radical (unpaired) electrons. The molecule has 0 aliphatic rings. The van der Waals surface area contributed by atoms with E-state index in [1.54, 1.807) is 12.1 Å².